The SMILES string of the molecule is CCCn1ccc2cc(NC(=O)C(=O)Nc3ccn(CCOC)n3)ccc21. The highest BCUT2D eigenvalue weighted by molar-refractivity contribution is 6.43. The van der Waals surface area contributed by atoms with E-state index in [1.54, 1.807) is 30.1 Å². The third-order valence-electron chi connectivity index (χ3n) is 4.11. The summed E-state index contributed by atoms with van der Waals surface area (Å²) in [5.41, 5.74) is 1.67. The summed E-state index contributed by atoms with van der Waals surface area (Å²) in [5, 5.41) is 10.3. The number of aryl methyl sites for hydroxylation is 1. The zero-order chi connectivity index (χ0) is 19.2. The minimum Gasteiger partial charge on any atom is -0.383 e. The molecule has 8 nitrogen and oxygen atoms in total. The predicted octanol–water partition coefficient (Wildman–Crippen LogP) is 2.47. The Bertz CT molecular complexity index is 944. The number of benzene rings is 1. The number of hydrogen-bond acceptors (Lipinski definition) is 4. The lowest BCUT2D eigenvalue weighted by Crippen LogP contribution is -2.29. The molecule has 2 N–H and O–H groups in total. The number of anilines is 2. The Morgan fingerprint density at radius 1 is 1.07 bits per heavy atom. The number of carbonyl (C=O) groups excluding carboxylic acids is 2. The van der Waals surface area contributed by atoms with Crippen LogP contribution < -0.4 is 10.6 Å². The summed E-state index contributed by atoms with van der Waals surface area (Å²) >= 11 is 0. The van der Waals surface area contributed by atoms with Crippen LogP contribution in [0.3, 0.4) is 0 Å². The average molecular weight is 369 g/mol. The number of rotatable bonds is 7. The molecule has 0 radical (unpaired) electrons. The van der Waals surface area contributed by atoms with Crippen molar-refractivity contribution in [3.63, 3.8) is 0 Å². The average Bonchev–Trinajstić information content (AvgIpc) is 3.27. The monoisotopic (exact) mass is 369 g/mol. The molecule has 0 fully saturated rings. The lowest BCUT2D eigenvalue weighted by atomic mass is 10.2. The maximum atomic E-state index is 12.2. The molecule has 0 bridgehead atoms. The fraction of sp³-hybridized carbons (Fsp3) is 0.316. The van der Waals surface area contributed by atoms with Gasteiger partial charge in [0.05, 0.1) is 13.2 Å². The summed E-state index contributed by atoms with van der Waals surface area (Å²) in [5.74, 6) is -1.19. The Morgan fingerprint density at radius 2 is 1.89 bits per heavy atom. The summed E-state index contributed by atoms with van der Waals surface area (Å²) in [6.07, 6.45) is 4.78. The van der Waals surface area contributed by atoms with E-state index in [1.807, 2.05) is 24.4 Å². The van der Waals surface area contributed by atoms with E-state index in [0.717, 1.165) is 23.9 Å². The second-order valence-corrected chi connectivity index (χ2v) is 6.15. The van der Waals surface area contributed by atoms with Crippen molar-refractivity contribution < 1.29 is 14.3 Å². The number of methoxy groups -OCH3 is 1. The van der Waals surface area contributed by atoms with Gasteiger partial charge >= 0.3 is 11.8 Å². The van der Waals surface area contributed by atoms with Gasteiger partial charge in [0, 0.05) is 48.7 Å². The van der Waals surface area contributed by atoms with Crippen LogP contribution in [-0.2, 0) is 27.4 Å². The van der Waals surface area contributed by atoms with Crippen molar-refractivity contribution >= 4 is 34.2 Å². The number of nitrogens with zero attached hydrogens (tertiary/aromatic N) is 3. The largest absolute Gasteiger partial charge is 0.383 e. The molecule has 3 rings (SSSR count). The molecule has 0 saturated heterocycles. The molecule has 0 unspecified atom stereocenters. The van der Waals surface area contributed by atoms with Gasteiger partial charge < -0.3 is 19.9 Å². The molecule has 0 aliphatic rings. The number of amides is 2. The van der Waals surface area contributed by atoms with Gasteiger partial charge in [0.2, 0.25) is 0 Å². The van der Waals surface area contributed by atoms with Crippen molar-refractivity contribution in [1.29, 1.82) is 0 Å². The molecule has 0 atom stereocenters. The van der Waals surface area contributed by atoms with Crippen LogP contribution in [0.1, 0.15) is 13.3 Å². The number of hydrogen-bond donors (Lipinski definition) is 2. The number of aromatic nitrogens is 3. The van der Waals surface area contributed by atoms with Crippen molar-refractivity contribution in [3.8, 4) is 0 Å². The van der Waals surface area contributed by atoms with Crippen LogP contribution in [0.15, 0.2) is 42.7 Å². The minimum atomic E-state index is -0.768. The standard InChI is InChI=1S/C19H23N5O3/c1-3-8-23-9-6-14-13-15(4-5-16(14)23)20-18(25)19(26)21-17-7-10-24(22-17)11-12-27-2/h4-7,9-10,13H,3,8,11-12H2,1-2H3,(H,20,25)(H,21,22,26). The molecular formula is C19H23N5O3. The van der Waals surface area contributed by atoms with E-state index in [2.05, 4.69) is 27.2 Å². The lowest BCUT2D eigenvalue weighted by Gasteiger charge is -2.07. The Labute approximate surface area is 157 Å². The van der Waals surface area contributed by atoms with E-state index in [4.69, 9.17) is 4.74 Å². The Balaban J connectivity index is 1.61. The molecule has 0 saturated carbocycles. The number of fused-ring (bicyclic) bond motifs is 1. The fourth-order valence-corrected chi connectivity index (χ4v) is 2.81. The highest BCUT2D eigenvalue weighted by atomic mass is 16.5. The number of nitrogens with one attached hydrogen (secondary N) is 2. The van der Waals surface area contributed by atoms with Crippen molar-refractivity contribution in [2.75, 3.05) is 24.4 Å². The van der Waals surface area contributed by atoms with Crippen LogP contribution in [0.25, 0.3) is 10.9 Å². The van der Waals surface area contributed by atoms with Crippen molar-refractivity contribution in [1.82, 2.24) is 14.3 Å². The van der Waals surface area contributed by atoms with Crippen LogP contribution in [0.4, 0.5) is 11.5 Å². The summed E-state index contributed by atoms with van der Waals surface area (Å²) < 4.78 is 8.76. The normalized spacial score (nSPS) is 10.9. The van der Waals surface area contributed by atoms with Gasteiger partial charge in [-0.25, -0.2) is 0 Å². The first kappa shape index (κ1) is 18.7. The minimum absolute atomic E-state index is 0.318. The van der Waals surface area contributed by atoms with Gasteiger partial charge in [-0.3, -0.25) is 14.3 Å². The molecule has 0 spiro atoms. The first-order valence-electron chi connectivity index (χ1n) is 8.84. The lowest BCUT2D eigenvalue weighted by molar-refractivity contribution is -0.133. The van der Waals surface area contributed by atoms with E-state index in [9.17, 15) is 9.59 Å². The molecule has 27 heavy (non-hydrogen) atoms. The topological polar surface area (TPSA) is 90.2 Å². The number of ether oxygens (including phenoxy) is 1. The predicted molar refractivity (Wildman–Crippen MR) is 104 cm³/mol. The van der Waals surface area contributed by atoms with Gasteiger partial charge in [-0.15, -0.1) is 0 Å². The highest BCUT2D eigenvalue weighted by Gasteiger charge is 2.15. The van der Waals surface area contributed by atoms with E-state index < -0.39 is 11.8 Å². The molecule has 2 aromatic heterocycles. The van der Waals surface area contributed by atoms with Crippen LogP contribution in [0, 0.1) is 0 Å². The zero-order valence-corrected chi connectivity index (χ0v) is 15.4. The molecule has 2 amide bonds. The third kappa shape index (κ3) is 4.53. The van der Waals surface area contributed by atoms with Gasteiger partial charge in [0.15, 0.2) is 5.82 Å². The summed E-state index contributed by atoms with van der Waals surface area (Å²) in [4.78, 5) is 24.2. The summed E-state index contributed by atoms with van der Waals surface area (Å²) in [7, 11) is 1.60. The van der Waals surface area contributed by atoms with Gasteiger partial charge in [-0.05, 0) is 30.7 Å². The van der Waals surface area contributed by atoms with Gasteiger partial charge in [-0.1, -0.05) is 6.92 Å². The smallest absolute Gasteiger partial charge is 0.315 e. The first-order chi connectivity index (χ1) is 13.1. The maximum Gasteiger partial charge on any atom is 0.315 e. The molecule has 0 aliphatic heterocycles. The molecule has 142 valence electrons. The van der Waals surface area contributed by atoms with Crippen LogP contribution in [-0.4, -0.2) is 39.9 Å². The molecule has 0 aliphatic carbocycles. The quantitative estimate of drug-likeness (QED) is 0.626. The maximum absolute atomic E-state index is 12.2. The Morgan fingerprint density at radius 3 is 2.67 bits per heavy atom. The van der Waals surface area contributed by atoms with Gasteiger partial charge in [-0.2, -0.15) is 5.10 Å². The van der Waals surface area contributed by atoms with E-state index in [1.165, 1.54) is 0 Å². The molecule has 3 aromatic rings. The fourth-order valence-electron chi connectivity index (χ4n) is 2.81. The first-order valence-corrected chi connectivity index (χ1v) is 8.84. The van der Waals surface area contributed by atoms with Gasteiger partial charge in [0.25, 0.3) is 0 Å². The van der Waals surface area contributed by atoms with E-state index in [-0.39, 0.29) is 0 Å². The van der Waals surface area contributed by atoms with Crippen molar-refractivity contribution in [2.24, 2.45) is 0 Å². The zero-order valence-electron chi connectivity index (χ0n) is 15.4. The third-order valence-corrected chi connectivity index (χ3v) is 4.11. The second-order valence-electron chi connectivity index (χ2n) is 6.15. The molecule has 8 heteroatoms. The van der Waals surface area contributed by atoms with E-state index in [0.29, 0.717) is 24.7 Å². The summed E-state index contributed by atoms with van der Waals surface area (Å²) in [6, 6.07) is 9.21. The van der Waals surface area contributed by atoms with Gasteiger partial charge in [0.1, 0.15) is 0 Å². The molecule has 2 heterocycles. The second kappa shape index (κ2) is 8.50. The van der Waals surface area contributed by atoms with Crippen molar-refractivity contribution in [2.45, 2.75) is 26.4 Å². The number of carbonyl (C=O) groups is 2. The van der Waals surface area contributed by atoms with E-state index >= 15 is 0 Å². The Hall–Kier alpha value is -3.13. The molecular weight excluding hydrogens is 346 g/mol. The van der Waals surface area contributed by atoms with Crippen molar-refractivity contribution in [3.05, 3.63) is 42.7 Å². The van der Waals surface area contributed by atoms with Crippen LogP contribution >= 0.6 is 0 Å². The van der Waals surface area contributed by atoms with Crippen LogP contribution in [0.5, 0.6) is 0 Å². The summed E-state index contributed by atoms with van der Waals surface area (Å²) in [6.45, 7) is 4.14. The highest BCUT2D eigenvalue weighted by Crippen LogP contribution is 2.21. The Kier molecular flexibility index (Phi) is 5.87. The van der Waals surface area contributed by atoms with Crippen LogP contribution in [0.2, 0.25) is 0 Å². The molecule has 1 aromatic carbocycles.